The first-order valence-electron chi connectivity index (χ1n) is 5.23. The maximum atomic E-state index is 13.2. The molecule has 0 spiro atoms. The van der Waals surface area contributed by atoms with Gasteiger partial charge in [0, 0.05) is 17.8 Å². The van der Waals surface area contributed by atoms with Crippen LogP contribution < -0.4 is 5.32 Å². The van der Waals surface area contributed by atoms with E-state index in [2.05, 4.69) is 5.32 Å². The Hall–Kier alpha value is -1.45. The van der Waals surface area contributed by atoms with Crippen LogP contribution >= 0.6 is 23.2 Å². The molecule has 0 saturated heterocycles. The van der Waals surface area contributed by atoms with E-state index in [1.165, 1.54) is 12.1 Å². The first-order chi connectivity index (χ1) is 8.58. The third-order valence-electron chi connectivity index (χ3n) is 2.47. The molecule has 0 aliphatic heterocycles. The van der Waals surface area contributed by atoms with Gasteiger partial charge in [0.05, 0.1) is 10.0 Å². The van der Waals surface area contributed by atoms with E-state index in [9.17, 15) is 9.50 Å². The molecule has 0 radical (unpaired) electrons. The molecule has 2 nitrogen and oxygen atoms in total. The molecule has 94 valence electrons. The standard InChI is InChI=1S/C13H10Cl2FNO/c14-10-5-4-9(6-12(10)16)17-7-8-2-1-3-11(15)13(8)18/h1-6,17-18H,7H2. The monoisotopic (exact) mass is 285 g/mol. The van der Waals surface area contributed by atoms with E-state index in [1.807, 2.05) is 0 Å². The van der Waals surface area contributed by atoms with E-state index in [1.54, 1.807) is 24.3 Å². The smallest absolute Gasteiger partial charge is 0.143 e. The molecular formula is C13H10Cl2FNO. The lowest BCUT2D eigenvalue weighted by atomic mass is 10.2. The quantitative estimate of drug-likeness (QED) is 0.873. The predicted molar refractivity (Wildman–Crippen MR) is 71.9 cm³/mol. The number of benzene rings is 2. The average Bonchev–Trinajstić information content (AvgIpc) is 2.35. The molecule has 0 unspecified atom stereocenters. The Bertz CT molecular complexity index is 575. The fraction of sp³-hybridized carbons (Fsp3) is 0.0769. The van der Waals surface area contributed by atoms with Crippen molar-refractivity contribution in [3.63, 3.8) is 0 Å². The van der Waals surface area contributed by atoms with Gasteiger partial charge in [-0.1, -0.05) is 35.3 Å². The lowest BCUT2D eigenvalue weighted by molar-refractivity contribution is 0.469. The lowest BCUT2D eigenvalue weighted by Gasteiger charge is -2.09. The first-order valence-corrected chi connectivity index (χ1v) is 5.99. The average molecular weight is 286 g/mol. The summed E-state index contributed by atoms with van der Waals surface area (Å²) in [6.45, 7) is 0.341. The van der Waals surface area contributed by atoms with Gasteiger partial charge >= 0.3 is 0 Å². The van der Waals surface area contributed by atoms with Crippen LogP contribution in [-0.4, -0.2) is 5.11 Å². The van der Waals surface area contributed by atoms with Crippen molar-refractivity contribution in [2.75, 3.05) is 5.32 Å². The van der Waals surface area contributed by atoms with Gasteiger partial charge in [0.25, 0.3) is 0 Å². The summed E-state index contributed by atoms with van der Waals surface area (Å²) in [5, 5.41) is 13.1. The minimum absolute atomic E-state index is 0.0288. The van der Waals surface area contributed by atoms with E-state index in [-0.39, 0.29) is 15.8 Å². The van der Waals surface area contributed by atoms with Crippen molar-refractivity contribution in [2.45, 2.75) is 6.54 Å². The molecule has 0 fully saturated rings. The molecule has 2 aromatic carbocycles. The van der Waals surface area contributed by atoms with Crippen LogP contribution in [-0.2, 0) is 6.54 Å². The van der Waals surface area contributed by atoms with Gasteiger partial charge < -0.3 is 10.4 Å². The van der Waals surface area contributed by atoms with Gasteiger partial charge in [-0.05, 0) is 24.3 Å². The van der Waals surface area contributed by atoms with Gasteiger partial charge in [-0.25, -0.2) is 4.39 Å². The molecule has 0 heterocycles. The maximum absolute atomic E-state index is 13.2. The van der Waals surface area contributed by atoms with Gasteiger partial charge in [-0.3, -0.25) is 0 Å². The van der Waals surface area contributed by atoms with E-state index < -0.39 is 5.82 Å². The number of rotatable bonds is 3. The molecule has 0 aromatic heterocycles. The molecular weight excluding hydrogens is 276 g/mol. The number of para-hydroxylation sites is 1. The van der Waals surface area contributed by atoms with Crippen molar-refractivity contribution >= 4 is 28.9 Å². The summed E-state index contributed by atoms with van der Waals surface area (Å²) in [4.78, 5) is 0. The lowest BCUT2D eigenvalue weighted by Crippen LogP contribution is -2.00. The third kappa shape index (κ3) is 2.86. The van der Waals surface area contributed by atoms with Crippen LogP contribution in [0.15, 0.2) is 36.4 Å². The molecule has 0 aliphatic carbocycles. The van der Waals surface area contributed by atoms with Gasteiger partial charge in [0.1, 0.15) is 11.6 Å². The Morgan fingerprint density at radius 2 is 1.89 bits per heavy atom. The van der Waals surface area contributed by atoms with E-state index in [4.69, 9.17) is 23.2 Å². The van der Waals surface area contributed by atoms with E-state index >= 15 is 0 Å². The van der Waals surface area contributed by atoms with Crippen LogP contribution in [0.5, 0.6) is 5.75 Å². The molecule has 2 N–H and O–H groups in total. The topological polar surface area (TPSA) is 32.3 Å². The van der Waals surface area contributed by atoms with Crippen LogP contribution in [0, 0.1) is 5.82 Å². The van der Waals surface area contributed by atoms with Crippen LogP contribution in [0.3, 0.4) is 0 Å². The molecule has 0 bridgehead atoms. The van der Waals surface area contributed by atoms with Gasteiger partial charge in [0.2, 0.25) is 0 Å². The molecule has 0 saturated carbocycles. The molecule has 0 amide bonds. The molecule has 2 rings (SSSR count). The highest BCUT2D eigenvalue weighted by atomic mass is 35.5. The van der Waals surface area contributed by atoms with Crippen LogP contribution in [0.25, 0.3) is 0 Å². The van der Waals surface area contributed by atoms with Crippen molar-refractivity contribution < 1.29 is 9.50 Å². The van der Waals surface area contributed by atoms with Crippen molar-refractivity contribution in [1.82, 2.24) is 0 Å². The minimum Gasteiger partial charge on any atom is -0.506 e. The predicted octanol–water partition coefficient (Wildman–Crippen LogP) is 4.45. The largest absolute Gasteiger partial charge is 0.506 e. The Morgan fingerprint density at radius 3 is 2.61 bits per heavy atom. The van der Waals surface area contributed by atoms with E-state index in [0.29, 0.717) is 17.8 Å². The van der Waals surface area contributed by atoms with Crippen LogP contribution in [0.1, 0.15) is 5.56 Å². The highest BCUT2D eigenvalue weighted by molar-refractivity contribution is 6.32. The number of phenolic OH excluding ortho intramolecular Hbond substituents is 1. The van der Waals surface area contributed by atoms with Gasteiger partial charge in [-0.2, -0.15) is 0 Å². The van der Waals surface area contributed by atoms with Crippen molar-refractivity contribution in [2.24, 2.45) is 0 Å². The molecule has 0 atom stereocenters. The van der Waals surface area contributed by atoms with Crippen molar-refractivity contribution in [1.29, 1.82) is 0 Å². The minimum atomic E-state index is -0.489. The summed E-state index contributed by atoms with van der Waals surface area (Å²) in [5.41, 5.74) is 1.22. The summed E-state index contributed by atoms with van der Waals surface area (Å²) >= 11 is 11.4. The molecule has 18 heavy (non-hydrogen) atoms. The number of phenols is 1. The zero-order valence-corrected chi connectivity index (χ0v) is 10.8. The Kier molecular flexibility index (Phi) is 3.94. The second-order valence-corrected chi connectivity index (χ2v) is 4.54. The Labute approximate surface area is 114 Å². The van der Waals surface area contributed by atoms with Crippen molar-refractivity contribution in [3.05, 3.63) is 57.8 Å². The zero-order valence-electron chi connectivity index (χ0n) is 9.25. The molecule has 2 aromatic rings. The Morgan fingerprint density at radius 1 is 1.11 bits per heavy atom. The second kappa shape index (κ2) is 5.46. The summed E-state index contributed by atoms with van der Waals surface area (Å²) in [6.07, 6.45) is 0. The molecule has 5 heteroatoms. The van der Waals surface area contributed by atoms with Gasteiger partial charge in [-0.15, -0.1) is 0 Å². The fourth-order valence-corrected chi connectivity index (χ4v) is 1.82. The number of anilines is 1. The number of aromatic hydroxyl groups is 1. The highest BCUT2D eigenvalue weighted by Gasteiger charge is 2.05. The Balaban J connectivity index is 2.11. The number of hydrogen-bond donors (Lipinski definition) is 2. The van der Waals surface area contributed by atoms with E-state index in [0.717, 1.165) is 0 Å². The first kappa shape index (κ1) is 13.0. The number of hydrogen-bond acceptors (Lipinski definition) is 2. The second-order valence-electron chi connectivity index (χ2n) is 3.73. The summed E-state index contributed by atoms with van der Waals surface area (Å²) in [5.74, 6) is -0.460. The third-order valence-corrected chi connectivity index (χ3v) is 3.08. The summed E-state index contributed by atoms with van der Waals surface area (Å²) in [7, 11) is 0. The summed E-state index contributed by atoms with van der Waals surface area (Å²) < 4.78 is 13.2. The normalized spacial score (nSPS) is 10.4. The SMILES string of the molecule is Oc1c(Cl)cccc1CNc1ccc(Cl)c(F)c1. The number of halogens is 3. The van der Waals surface area contributed by atoms with Crippen LogP contribution in [0.2, 0.25) is 10.0 Å². The maximum Gasteiger partial charge on any atom is 0.143 e. The van der Waals surface area contributed by atoms with Crippen LogP contribution in [0.4, 0.5) is 10.1 Å². The van der Waals surface area contributed by atoms with Gasteiger partial charge in [0.15, 0.2) is 0 Å². The highest BCUT2D eigenvalue weighted by Crippen LogP contribution is 2.27. The molecule has 0 aliphatic rings. The van der Waals surface area contributed by atoms with Crippen molar-refractivity contribution in [3.8, 4) is 5.75 Å². The summed E-state index contributed by atoms with van der Waals surface area (Å²) in [6, 6.07) is 9.50. The number of nitrogens with one attached hydrogen (secondary N) is 1. The fourth-order valence-electron chi connectivity index (χ4n) is 1.51. The zero-order chi connectivity index (χ0) is 13.1.